The SMILES string of the molecule is CC(C)c1nc2cc(NC(=O)[C@H]3CCCNC3)ccc2o1. The lowest BCUT2D eigenvalue weighted by Crippen LogP contribution is -2.37. The number of anilines is 1. The summed E-state index contributed by atoms with van der Waals surface area (Å²) in [5.74, 6) is 1.11. The first kappa shape index (κ1) is 14.1. The topological polar surface area (TPSA) is 67.2 Å². The third kappa shape index (κ3) is 3.08. The molecule has 0 unspecified atom stereocenters. The first-order valence-corrected chi connectivity index (χ1v) is 7.55. The minimum Gasteiger partial charge on any atom is -0.440 e. The Morgan fingerprint density at radius 3 is 3.05 bits per heavy atom. The van der Waals surface area contributed by atoms with Crippen molar-refractivity contribution < 1.29 is 9.21 Å². The number of oxazole rings is 1. The van der Waals surface area contributed by atoms with Crippen LogP contribution < -0.4 is 10.6 Å². The number of fused-ring (bicyclic) bond motifs is 1. The molecular weight excluding hydrogens is 266 g/mol. The number of rotatable bonds is 3. The molecule has 3 rings (SSSR count). The van der Waals surface area contributed by atoms with Gasteiger partial charge in [0.25, 0.3) is 0 Å². The zero-order valence-corrected chi connectivity index (χ0v) is 12.5. The summed E-state index contributed by atoms with van der Waals surface area (Å²) in [7, 11) is 0. The van der Waals surface area contributed by atoms with E-state index in [1.54, 1.807) is 0 Å². The van der Waals surface area contributed by atoms with Gasteiger partial charge in [-0.2, -0.15) is 0 Å². The van der Waals surface area contributed by atoms with E-state index in [4.69, 9.17) is 4.42 Å². The fourth-order valence-corrected chi connectivity index (χ4v) is 2.59. The van der Waals surface area contributed by atoms with Crippen molar-refractivity contribution in [3.63, 3.8) is 0 Å². The van der Waals surface area contributed by atoms with Gasteiger partial charge >= 0.3 is 0 Å². The van der Waals surface area contributed by atoms with Crippen LogP contribution in [-0.2, 0) is 4.79 Å². The van der Waals surface area contributed by atoms with E-state index in [0.29, 0.717) is 0 Å². The Balaban J connectivity index is 1.75. The standard InChI is InChI=1S/C16H21N3O2/c1-10(2)16-19-13-8-12(5-6-14(13)21-16)18-15(20)11-4-3-7-17-9-11/h5-6,8,10-11,17H,3-4,7,9H2,1-2H3,(H,18,20)/t11-/m0/s1. The average Bonchev–Trinajstić information content (AvgIpc) is 2.91. The molecule has 1 amide bonds. The number of amides is 1. The number of hydrogen-bond donors (Lipinski definition) is 2. The van der Waals surface area contributed by atoms with Gasteiger partial charge in [0.1, 0.15) is 5.52 Å². The highest BCUT2D eigenvalue weighted by Crippen LogP contribution is 2.24. The highest BCUT2D eigenvalue weighted by molar-refractivity contribution is 5.94. The van der Waals surface area contributed by atoms with Crippen LogP contribution in [0, 0.1) is 5.92 Å². The van der Waals surface area contributed by atoms with Gasteiger partial charge in [0.2, 0.25) is 5.91 Å². The van der Waals surface area contributed by atoms with Gasteiger partial charge < -0.3 is 15.1 Å². The summed E-state index contributed by atoms with van der Waals surface area (Å²) in [6, 6.07) is 5.60. The summed E-state index contributed by atoms with van der Waals surface area (Å²) in [6.07, 6.45) is 2.00. The minimum atomic E-state index is 0.0537. The molecule has 112 valence electrons. The fraction of sp³-hybridized carbons (Fsp3) is 0.500. The number of hydrogen-bond acceptors (Lipinski definition) is 4. The van der Waals surface area contributed by atoms with Gasteiger partial charge in [0.15, 0.2) is 11.5 Å². The number of benzene rings is 1. The van der Waals surface area contributed by atoms with Crippen LogP contribution in [0.4, 0.5) is 5.69 Å². The summed E-state index contributed by atoms with van der Waals surface area (Å²) in [4.78, 5) is 16.7. The number of nitrogens with one attached hydrogen (secondary N) is 2. The number of aromatic nitrogens is 1. The maximum absolute atomic E-state index is 12.2. The van der Waals surface area contributed by atoms with Crippen molar-refractivity contribution in [2.75, 3.05) is 18.4 Å². The van der Waals surface area contributed by atoms with Crippen molar-refractivity contribution >= 4 is 22.7 Å². The molecule has 5 nitrogen and oxygen atoms in total. The summed E-state index contributed by atoms with van der Waals surface area (Å²) in [6.45, 7) is 5.86. The third-order valence-electron chi connectivity index (χ3n) is 3.83. The molecule has 1 aromatic carbocycles. The maximum Gasteiger partial charge on any atom is 0.228 e. The van der Waals surface area contributed by atoms with Crippen molar-refractivity contribution in [1.29, 1.82) is 0 Å². The third-order valence-corrected chi connectivity index (χ3v) is 3.83. The molecule has 0 bridgehead atoms. The molecular formula is C16H21N3O2. The van der Waals surface area contributed by atoms with E-state index >= 15 is 0 Å². The van der Waals surface area contributed by atoms with Crippen LogP contribution in [0.15, 0.2) is 22.6 Å². The van der Waals surface area contributed by atoms with E-state index in [-0.39, 0.29) is 17.7 Å². The molecule has 1 fully saturated rings. The second-order valence-corrected chi connectivity index (χ2v) is 5.92. The van der Waals surface area contributed by atoms with Gasteiger partial charge in [-0.15, -0.1) is 0 Å². The van der Waals surface area contributed by atoms with Crippen LogP contribution in [0.25, 0.3) is 11.1 Å². The summed E-state index contributed by atoms with van der Waals surface area (Å²) >= 11 is 0. The molecule has 0 spiro atoms. The van der Waals surface area contributed by atoms with Gasteiger partial charge in [-0.1, -0.05) is 13.8 Å². The molecule has 1 atom stereocenters. The quantitative estimate of drug-likeness (QED) is 0.911. The Morgan fingerprint density at radius 1 is 1.48 bits per heavy atom. The molecule has 2 heterocycles. The smallest absolute Gasteiger partial charge is 0.228 e. The van der Waals surface area contributed by atoms with Crippen molar-refractivity contribution in [2.24, 2.45) is 5.92 Å². The molecule has 1 aliphatic rings. The molecule has 0 aliphatic carbocycles. The number of nitrogens with zero attached hydrogens (tertiary/aromatic N) is 1. The van der Waals surface area contributed by atoms with Crippen LogP contribution in [0.2, 0.25) is 0 Å². The summed E-state index contributed by atoms with van der Waals surface area (Å²) in [5.41, 5.74) is 2.33. The molecule has 21 heavy (non-hydrogen) atoms. The maximum atomic E-state index is 12.2. The van der Waals surface area contributed by atoms with Gasteiger partial charge in [-0.3, -0.25) is 4.79 Å². The van der Waals surface area contributed by atoms with Gasteiger partial charge in [-0.05, 0) is 37.6 Å². The van der Waals surface area contributed by atoms with Gasteiger partial charge in [-0.25, -0.2) is 4.98 Å². The second-order valence-electron chi connectivity index (χ2n) is 5.92. The van der Waals surface area contributed by atoms with Gasteiger partial charge in [0, 0.05) is 18.2 Å². The van der Waals surface area contributed by atoms with E-state index in [1.165, 1.54) is 0 Å². The summed E-state index contributed by atoms with van der Waals surface area (Å²) < 4.78 is 5.67. The van der Waals surface area contributed by atoms with Crippen LogP contribution >= 0.6 is 0 Å². The van der Waals surface area contributed by atoms with E-state index in [1.807, 2.05) is 32.0 Å². The number of piperidine rings is 1. The molecule has 0 radical (unpaired) electrons. The lowest BCUT2D eigenvalue weighted by atomic mass is 9.99. The molecule has 1 aromatic heterocycles. The van der Waals surface area contributed by atoms with Crippen molar-refractivity contribution in [1.82, 2.24) is 10.3 Å². The average molecular weight is 287 g/mol. The Hall–Kier alpha value is -1.88. The van der Waals surface area contributed by atoms with Crippen LogP contribution in [-0.4, -0.2) is 24.0 Å². The largest absolute Gasteiger partial charge is 0.440 e. The molecule has 1 saturated heterocycles. The fourth-order valence-electron chi connectivity index (χ4n) is 2.59. The number of carbonyl (C=O) groups excluding carboxylic acids is 1. The lowest BCUT2D eigenvalue weighted by Gasteiger charge is -2.21. The normalized spacial score (nSPS) is 19.1. The predicted octanol–water partition coefficient (Wildman–Crippen LogP) is 2.89. The van der Waals surface area contributed by atoms with E-state index in [0.717, 1.165) is 48.6 Å². The predicted molar refractivity (Wildman–Crippen MR) is 82.3 cm³/mol. The molecule has 2 N–H and O–H groups in total. The van der Waals surface area contributed by atoms with Crippen LogP contribution in [0.1, 0.15) is 38.5 Å². The lowest BCUT2D eigenvalue weighted by molar-refractivity contribution is -0.120. The zero-order chi connectivity index (χ0) is 14.8. The van der Waals surface area contributed by atoms with E-state index in [2.05, 4.69) is 15.6 Å². The van der Waals surface area contributed by atoms with Crippen molar-refractivity contribution in [2.45, 2.75) is 32.6 Å². The van der Waals surface area contributed by atoms with Crippen molar-refractivity contribution in [3.05, 3.63) is 24.1 Å². The van der Waals surface area contributed by atoms with Crippen LogP contribution in [0.5, 0.6) is 0 Å². The minimum absolute atomic E-state index is 0.0537. The Morgan fingerprint density at radius 2 is 2.33 bits per heavy atom. The first-order chi connectivity index (χ1) is 10.1. The van der Waals surface area contributed by atoms with E-state index in [9.17, 15) is 4.79 Å². The monoisotopic (exact) mass is 287 g/mol. The Labute approximate surface area is 124 Å². The highest BCUT2D eigenvalue weighted by Gasteiger charge is 2.21. The number of carbonyl (C=O) groups is 1. The first-order valence-electron chi connectivity index (χ1n) is 7.55. The van der Waals surface area contributed by atoms with Crippen LogP contribution in [0.3, 0.4) is 0 Å². The van der Waals surface area contributed by atoms with Gasteiger partial charge in [0.05, 0.1) is 5.92 Å². The highest BCUT2D eigenvalue weighted by atomic mass is 16.3. The molecule has 5 heteroatoms. The molecule has 1 aliphatic heterocycles. The Kier molecular flexibility index (Phi) is 3.92. The zero-order valence-electron chi connectivity index (χ0n) is 12.5. The van der Waals surface area contributed by atoms with Crippen molar-refractivity contribution in [3.8, 4) is 0 Å². The van der Waals surface area contributed by atoms with E-state index < -0.39 is 0 Å². The molecule has 2 aromatic rings. The molecule has 0 saturated carbocycles. The summed E-state index contributed by atoms with van der Waals surface area (Å²) in [5, 5.41) is 6.24. The second kappa shape index (κ2) is 5.85. The Bertz CT molecular complexity index is 642.